The summed E-state index contributed by atoms with van der Waals surface area (Å²) in [5, 5.41) is 0. The molecule has 0 spiro atoms. The molecular formula is C22H24N6OS. The van der Waals surface area contributed by atoms with Crippen molar-refractivity contribution in [2.45, 2.75) is 27.2 Å². The summed E-state index contributed by atoms with van der Waals surface area (Å²) in [5.41, 5.74) is 11.8. The van der Waals surface area contributed by atoms with Gasteiger partial charge in [0.15, 0.2) is 0 Å². The van der Waals surface area contributed by atoms with Gasteiger partial charge in [0, 0.05) is 45.2 Å². The number of nitrogens with zero attached hydrogens (tertiary/aromatic N) is 4. The molecule has 3 N–H and O–H groups in total. The lowest BCUT2D eigenvalue weighted by Crippen LogP contribution is -2.11. The predicted octanol–water partition coefficient (Wildman–Crippen LogP) is 2.77. The number of hydrogen-bond acceptors (Lipinski definition) is 6. The van der Waals surface area contributed by atoms with E-state index in [1.54, 1.807) is 18.5 Å². The van der Waals surface area contributed by atoms with Crippen LogP contribution in [0.2, 0.25) is 0 Å². The Morgan fingerprint density at radius 3 is 2.57 bits per heavy atom. The number of nitrogen functional groups attached to an aromatic ring is 1. The highest BCUT2D eigenvalue weighted by Gasteiger charge is 2.13. The van der Waals surface area contributed by atoms with E-state index >= 15 is 0 Å². The Labute approximate surface area is 177 Å². The lowest BCUT2D eigenvalue weighted by atomic mass is 10.0. The summed E-state index contributed by atoms with van der Waals surface area (Å²) in [6.07, 6.45) is 5.61. The molecule has 0 amide bonds. The van der Waals surface area contributed by atoms with Gasteiger partial charge in [0.2, 0.25) is 5.95 Å². The molecule has 0 aliphatic heterocycles. The van der Waals surface area contributed by atoms with Crippen molar-refractivity contribution in [1.82, 2.24) is 19.9 Å². The molecule has 0 radical (unpaired) electrons. The smallest absolute Gasteiger partial charge is 0.220 e. The Hall–Kier alpha value is -3.44. The van der Waals surface area contributed by atoms with Crippen molar-refractivity contribution in [3.05, 3.63) is 58.8 Å². The molecule has 0 fully saturated rings. The second kappa shape index (κ2) is 8.51. The zero-order valence-electron chi connectivity index (χ0n) is 17.5. The fourth-order valence-electron chi connectivity index (χ4n) is 2.80. The molecule has 1 atom stereocenters. The van der Waals surface area contributed by atoms with Crippen LogP contribution in [-0.2, 0) is 16.1 Å². The average Bonchev–Trinajstić information content (AvgIpc) is 2.68. The number of nitrogens with two attached hydrogens (primary N) is 1. The highest BCUT2D eigenvalue weighted by Crippen LogP contribution is 2.24. The summed E-state index contributed by atoms with van der Waals surface area (Å²) in [6.45, 7) is 5.74. The second-order valence-corrected chi connectivity index (χ2v) is 9.22. The molecule has 0 aromatic carbocycles. The summed E-state index contributed by atoms with van der Waals surface area (Å²) >= 11 is 0. The van der Waals surface area contributed by atoms with Gasteiger partial charge < -0.3 is 10.5 Å². The van der Waals surface area contributed by atoms with Gasteiger partial charge in [-0.05, 0) is 44.3 Å². The summed E-state index contributed by atoms with van der Waals surface area (Å²) in [7, 11) is -2.42. The van der Waals surface area contributed by atoms with E-state index in [0.29, 0.717) is 28.9 Å². The molecule has 0 saturated carbocycles. The van der Waals surface area contributed by atoms with Crippen LogP contribution in [0.5, 0.6) is 0 Å². The van der Waals surface area contributed by atoms with Crippen molar-refractivity contribution < 1.29 is 4.21 Å². The minimum atomic E-state index is -2.42. The molecule has 8 heteroatoms. The van der Waals surface area contributed by atoms with Gasteiger partial charge in [0.05, 0.1) is 28.3 Å². The SMILES string of the molecule is C=S(C)(=O)Nc1cc(C#Cc2c(CC)nc(N)nc2-c2ccc(C)nc2)cnc1C. The van der Waals surface area contributed by atoms with Gasteiger partial charge in [0.25, 0.3) is 0 Å². The highest BCUT2D eigenvalue weighted by molar-refractivity contribution is 8.00. The van der Waals surface area contributed by atoms with Crippen molar-refractivity contribution in [2.24, 2.45) is 0 Å². The maximum atomic E-state index is 12.0. The van der Waals surface area contributed by atoms with Gasteiger partial charge in [-0.1, -0.05) is 18.8 Å². The number of aromatic nitrogens is 4. The van der Waals surface area contributed by atoms with E-state index in [0.717, 1.165) is 22.6 Å². The number of anilines is 2. The van der Waals surface area contributed by atoms with E-state index in [-0.39, 0.29) is 5.95 Å². The van der Waals surface area contributed by atoms with Crippen molar-refractivity contribution in [2.75, 3.05) is 16.7 Å². The van der Waals surface area contributed by atoms with Crippen LogP contribution < -0.4 is 10.5 Å². The van der Waals surface area contributed by atoms with Crippen molar-refractivity contribution >= 4 is 27.2 Å². The highest BCUT2D eigenvalue weighted by atomic mass is 32.2. The molecule has 0 aliphatic carbocycles. The summed E-state index contributed by atoms with van der Waals surface area (Å²) in [5.74, 6) is 10.1. The van der Waals surface area contributed by atoms with E-state index in [2.05, 4.69) is 42.4 Å². The second-order valence-electron chi connectivity index (χ2n) is 7.01. The molecule has 3 rings (SSSR count). The lowest BCUT2D eigenvalue weighted by molar-refractivity contribution is 0.688. The Morgan fingerprint density at radius 1 is 1.17 bits per heavy atom. The van der Waals surface area contributed by atoms with Crippen LogP contribution in [0.15, 0.2) is 30.6 Å². The Morgan fingerprint density at radius 2 is 1.93 bits per heavy atom. The topological polar surface area (TPSA) is 107 Å². The van der Waals surface area contributed by atoms with Gasteiger partial charge in [-0.15, -0.1) is 0 Å². The van der Waals surface area contributed by atoms with Crippen LogP contribution in [-0.4, -0.2) is 36.3 Å². The standard InChI is InChI=1S/C22H24N6OS/c1-6-19-18(21(27-22(23)26-19)17-9-7-14(2)24-13-17)10-8-16-11-20(15(3)25-12-16)28-30(4,5)29/h7,9,11-13H,4,6H2,1-3,5H3,(H,28,29)(H2,23,26,27). The largest absolute Gasteiger partial charge is 0.368 e. The molecule has 0 aliphatic rings. The van der Waals surface area contributed by atoms with Gasteiger partial charge in [-0.25, -0.2) is 14.2 Å². The number of nitrogens with one attached hydrogen (secondary N) is 1. The van der Waals surface area contributed by atoms with Gasteiger partial charge in [0.1, 0.15) is 0 Å². The maximum Gasteiger partial charge on any atom is 0.220 e. The number of pyridine rings is 2. The van der Waals surface area contributed by atoms with Crippen LogP contribution in [0, 0.1) is 25.7 Å². The molecular weight excluding hydrogens is 396 g/mol. The molecule has 3 heterocycles. The van der Waals surface area contributed by atoms with Crippen molar-refractivity contribution in [3.8, 4) is 23.1 Å². The molecule has 0 saturated heterocycles. The third-order valence-electron chi connectivity index (χ3n) is 4.27. The third-order valence-corrected chi connectivity index (χ3v) is 4.92. The predicted molar refractivity (Wildman–Crippen MR) is 124 cm³/mol. The zero-order chi connectivity index (χ0) is 21.9. The monoisotopic (exact) mass is 420 g/mol. The van der Waals surface area contributed by atoms with E-state index < -0.39 is 9.71 Å². The average molecular weight is 421 g/mol. The summed E-state index contributed by atoms with van der Waals surface area (Å²) in [4.78, 5) is 17.5. The van der Waals surface area contributed by atoms with Gasteiger partial charge >= 0.3 is 0 Å². The van der Waals surface area contributed by atoms with E-state index in [4.69, 9.17) is 5.73 Å². The quantitative estimate of drug-likeness (QED) is 0.496. The van der Waals surface area contributed by atoms with Crippen molar-refractivity contribution in [3.63, 3.8) is 0 Å². The molecule has 154 valence electrons. The molecule has 3 aromatic rings. The first-order chi connectivity index (χ1) is 14.2. The summed E-state index contributed by atoms with van der Waals surface area (Å²) in [6, 6.07) is 5.66. The first-order valence-corrected chi connectivity index (χ1v) is 11.5. The van der Waals surface area contributed by atoms with E-state index in [1.165, 1.54) is 6.26 Å². The molecule has 7 nitrogen and oxygen atoms in total. The first kappa shape index (κ1) is 21.3. The lowest BCUT2D eigenvalue weighted by Gasteiger charge is -2.10. The van der Waals surface area contributed by atoms with Crippen molar-refractivity contribution in [1.29, 1.82) is 0 Å². The Balaban J connectivity index is 2.11. The summed E-state index contributed by atoms with van der Waals surface area (Å²) < 4.78 is 14.9. The maximum absolute atomic E-state index is 12.0. The number of hydrogen-bond donors (Lipinski definition) is 2. The zero-order valence-corrected chi connectivity index (χ0v) is 18.3. The van der Waals surface area contributed by atoms with E-state index in [1.807, 2.05) is 32.9 Å². The van der Waals surface area contributed by atoms with Crippen LogP contribution >= 0.6 is 0 Å². The van der Waals surface area contributed by atoms with Gasteiger partial charge in [-0.3, -0.25) is 9.97 Å². The Bertz CT molecular complexity index is 1260. The van der Waals surface area contributed by atoms with E-state index in [9.17, 15) is 4.21 Å². The Kier molecular flexibility index (Phi) is 6.04. The first-order valence-electron chi connectivity index (χ1n) is 9.34. The number of rotatable bonds is 4. The minimum absolute atomic E-state index is 0.199. The van der Waals surface area contributed by atoms with Crippen LogP contribution in [0.4, 0.5) is 11.6 Å². The fourth-order valence-corrected chi connectivity index (χ4v) is 3.47. The molecule has 1 unspecified atom stereocenters. The molecule has 3 aromatic heterocycles. The molecule has 0 bridgehead atoms. The van der Waals surface area contributed by atoms with Gasteiger partial charge in [-0.2, -0.15) is 0 Å². The van der Waals surface area contributed by atoms with Crippen LogP contribution in [0.25, 0.3) is 11.3 Å². The fraction of sp³-hybridized carbons (Fsp3) is 0.227. The normalized spacial score (nSPS) is 12.5. The third kappa shape index (κ3) is 5.13. The number of aryl methyl sites for hydroxylation is 3. The van der Waals surface area contributed by atoms with Crippen LogP contribution in [0.1, 0.15) is 35.1 Å². The minimum Gasteiger partial charge on any atom is -0.368 e. The molecule has 30 heavy (non-hydrogen) atoms. The van der Waals surface area contributed by atoms with Crippen LogP contribution in [0.3, 0.4) is 0 Å².